The maximum atomic E-state index is 12.1. The van der Waals surface area contributed by atoms with E-state index in [1.165, 1.54) is 0 Å². The number of carbonyl (C=O) groups is 1. The molecule has 0 bridgehead atoms. The van der Waals surface area contributed by atoms with Crippen molar-refractivity contribution in [3.05, 3.63) is 35.4 Å². The number of thioether (sulfide) groups is 1. The first kappa shape index (κ1) is 21.6. The van der Waals surface area contributed by atoms with Crippen LogP contribution in [0.15, 0.2) is 27.8 Å². The Kier molecular flexibility index (Phi) is 7.18. The summed E-state index contributed by atoms with van der Waals surface area (Å²) in [4.78, 5) is 25.5. The molecule has 0 saturated carbocycles. The highest BCUT2D eigenvalue weighted by atomic mass is 32.2. The van der Waals surface area contributed by atoms with Gasteiger partial charge in [0.05, 0.1) is 39.0 Å². The smallest absolute Gasteiger partial charge is 0.287 e. The van der Waals surface area contributed by atoms with E-state index in [0.29, 0.717) is 17.4 Å². The van der Waals surface area contributed by atoms with Crippen LogP contribution in [0.2, 0.25) is 0 Å². The molecule has 1 saturated heterocycles. The van der Waals surface area contributed by atoms with E-state index in [1.807, 2.05) is 19.9 Å². The van der Waals surface area contributed by atoms with Crippen molar-refractivity contribution in [2.45, 2.75) is 50.6 Å². The summed E-state index contributed by atoms with van der Waals surface area (Å²) < 4.78 is 5.70. The Bertz CT molecular complexity index is 828. The second kappa shape index (κ2) is 9.63. The number of nitrogens with one attached hydrogen (secondary N) is 2. The van der Waals surface area contributed by atoms with Crippen molar-refractivity contribution in [3.8, 4) is 0 Å². The highest BCUT2D eigenvalue weighted by Crippen LogP contribution is 2.26. The fourth-order valence-corrected chi connectivity index (χ4v) is 3.87. The minimum absolute atomic E-state index is 0.0761. The van der Waals surface area contributed by atoms with Crippen LogP contribution in [0.5, 0.6) is 0 Å². The van der Waals surface area contributed by atoms with Gasteiger partial charge in [-0.2, -0.15) is 0 Å². The second-order valence-electron chi connectivity index (χ2n) is 8.22. The molecule has 0 spiro atoms. The fourth-order valence-electron chi connectivity index (χ4n) is 3.12. The maximum Gasteiger partial charge on any atom is 0.287 e. The molecule has 1 amide bonds. The number of amides is 1. The zero-order valence-electron chi connectivity index (χ0n) is 18.0. The summed E-state index contributed by atoms with van der Waals surface area (Å²) in [5.74, 6) is 2.83. The Balaban J connectivity index is 1.70. The van der Waals surface area contributed by atoms with E-state index >= 15 is 0 Å². The number of hydrogen-bond donors (Lipinski definition) is 2. The van der Waals surface area contributed by atoms with E-state index in [1.54, 1.807) is 22.7 Å². The molecule has 2 aromatic rings. The molecule has 2 aromatic heterocycles. The third kappa shape index (κ3) is 5.96. The first-order valence-electron chi connectivity index (χ1n) is 10.3. The molecular weight excluding hydrogens is 386 g/mol. The minimum Gasteiger partial charge on any atom is -0.455 e. The number of likely N-dealkylation sites (N-methyl/N-ethyl adjacent to an activating group) is 1. The largest absolute Gasteiger partial charge is 0.455 e. The van der Waals surface area contributed by atoms with E-state index in [-0.39, 0.29) is 11.9 Å². The number of quaternary nitrogens is 1. The van der Waals surface area contributed by atoms with Gasteiger partial charge in [0.15, 0.2) is 10.9 Å². The molecule has 3 rings (SSSR count). The average molecular weight is 419 g/mol. The van der Waals surface area contributed by atoms with E-state index < -0.39 is 0 Å². The van der Waals surface area contributed by atoms with Crippen LogP contribution in [-0.2, 0) is 5.75 Å². The van der Waals surface area contributed by atoms with Crippen molar-refractivity contribution >= 4 is 23.5 Å². The first-order valence-corrected chi connectivity index (χ1v) is 11.3. The molecule has 0 radical (unpaired) electrons. The molecule has 29 heavy (non-hydrogen) atoms. The Hall–Kier alpha value is -2.06. The Morgan fingerprint density at radius 2 is 1.97 bits per heavy atom. The summed E-state index contributed by atoms with van der Waals surface area (Å²) in [7, 11) is 2.23. The lowest BCUT2D eigenvalue weighted by Gasteiger charge is -2.31. The number of aromatic nitrogens is 2. The van der Waals surface area contributed by atoms with Crippen molar-refractivity contribution in [1.29, 1.82) is 0 Å². The highest BCUT2D eigenvalue weighted by Gasteiger charge is 2.20. The number of anilines is 1. The van der Waals surface area contributed by atoms with Crippen LogP contribution < -0.4 is 15.1 Å². The zero-order valence-corrected chi connectivity index (χ0v) is 18.8. The molecule has 1 fully saturated rings. The number of furan rings is 1. The number of piperazine rings is 1. The Morgan fingerprint density at radius 1 is 1.24 bits per heavy atom. The Labute approximate surface area is 177 Å². The van der Waals surface area contributed by atoms with Gasteiger partial charge in [0.2, 0.25) is 0 Å². The maximum absolute atomic E-state index is 12.1. The van der Waals surface area contributed by atoms with Crippen LogP contribution in [0.3, 0.4) is 0 Å². The summed E-state index contributed by atoms with van der Waals surface area (Å²) in [5.41, 5.74) is 1.06. The molecule has 2 N–H and O–H groups in total. The summed E-state index contributed by atoms with van der Waals surface area (Å²) >= 11 is 1.54. The third-order valence-corrected chi connectivity index (χ3v) is 5.76. The molecule has 8 heteroatoms. The number of carbonyl (C=O) groups excluding carboxylic acids is 1. The average Bonchev–Trinajstić information content (AvgIpc) is 3.15. The van der Waals surface area contributed by atoms with Crippen molar-refractivity contribution in [2.24, 2.45) is 0 Å². The van der Waals surface area contributed by atoms with Crippen molar-refractivity contribution in [3.63, 3.8) is 0 Å². The standard InChI is InChI=1S/C21H31N5O2S/c1-14(2)17-12-19(26-10-8-25(5)9-11-26)24-21(23-17)29-13-16-6-7-18(28-16)20(27)22-15(3)4/h6-7,12,14-15H,8-11,13H2,1-5H3,(H,22,27)/p+1. The predicted octanol–water partition coefficient (Wildman–Crippen LogP) is 1.96. The second-order valence-corrected chi connectivity index (χ2v) is 9.16. The van der Waals surface area contributed by atoms with Crippen LogP contribution in [0.1, 0.15) is 55.6 Å². The lowest BCUT2D eigenvalue weighted by atomic mass is 10.1. The summed E-state index contributed by atoms with van der Waals surface area (Å²) in [6.45, 7) is 12.4. The van der Waals surface area contributed by atoms with Crippen molar-refractivity contribution in [2.75, 3.05) is 38.1 Å². The van der Waals surface area contributed by atoms with Gasteiger partial charge < -0.3 is 19.5 Å². The van der Waals surface area contributed by atoms with Crippen LogP contribution in [0.4, 0.5) is 5.82 Å². The van der Waals surface area contributed by atoms with Crippen molar-refractivity contribution < 1.29 is 14.1 Å². The topological polar surface area (TPSA) is 75.7 Å². The van der Waals surface area contributed by atoms with E-state index in [9.17, 15) is 4.79 Å². The Morgan fingerprint density at radius 3 is 2.62 bits per heavy atom. The number of rotatable bonds is 7. The van der Waals surface area contributed by atoms with Gasteiger partial charge in [-0.3, -0.25) is 4.79 Å². The summed E-state index contributed by atoms with van der Waals surface area (Å²) in [6, 6.07) is 5.76. The van der Waals surface area contributed by atoms with Crippen LogP contribution >= 0.6 is 11.8 Å². The molecule has 0 atom stereocenters. The fraction of sp³-hybridized carbons (Fsp3) is 0.571. The van der Waals surface area contributed by atoms with Gasteiger partial charge in [-0.05, 0) is 31.9 Å². The SMILES string of the molecule is CC(C)NC(=O)c1ccc(CSc2nc(C(C)C)cc(N3CC[NH+](C)CC3)n2)o1. The molecular formula is C21H32N5O2S+. The first-order chi connectivity index (χ1) is 13.8. The van der Waals surface area contributed by atoms with Gasteiger partial charge in [-0.15, -0.1) is 0 Å². The number of nitrogens with zero attached hydrogens (tertiary/aromatic N) is 3. The zero-order chi connectivity index (χ0) is 21.0. The van der Waals surface area contributed by atoms with Crippen LogP contribution in [0, 0.1) is 0 Å². The van der Waals surface area contributed by atoms with Gasteiger partial charge >= 0.3 is 0 Å². The van der Waals surface area contributed by atoms with Gasteiger partial charge in [-0.25, -0.2) is 9.97 Å². The minimum atomic E-state index is -0.186. The molecule has 158 valence electrons. The highest BCUT2D eigenvalue weighted by molar-refractivity contribution is 7.98. The normalized spacial score (nSPS) is 15.3. The quantitative estimate of drug-likeness (QED) is 0.529. The molecule has 1 aliphatic rings. The monoisotopic (exact) mass is 418 g/mol. The number of hydrogen-bond acceptors (Lipinski definition) is 6. The van der Waals surface area contributed by atoms with E-state index in [4.69, 9.17) is 14.4 Å². The lowest BCUT2D eigenvalue weighted by molar-refractivity contribution is -0.880. The van der Waals surface area contributed by atoms with Crippen LogP contribution in [-0.4, -0.2) is 55.1 Å². The molecule has 0 aromatic carbocycles. The van der Waals surface area contributed by atoms with E-state index in [0.717, 1.165) is 48.6 Å². The molecule has 3 heterocycles. The van der Waals surface area contributed by atoms with Gasteiger partial charge in [0.25, 0.3) is 5.91 Å². The van der Waals surface area contributed by atoms with Crippen LogP contribution in [0.25, 0.3) is 0 Å². The van der Waals surface area contributed by atoms with Gasteiger partial charge in [-0.1, -0.05) is 25.6 Å². The third-order valence-electron chi connectivity index (χ3n) is 4.89. The summed E-state index contributed by atoms with van der Waals surface area (Å²) in [6.07, 6.45) is 0. The predicted molar refractivity (Wildman–Crippen MR) is 116 cm³/mol. The molecule has 0 unspecified atom stereocenters. The lowest BCUT2D eigenvalue weighted by Crippen LogP contribution is -3.12. The summed E-state index contributed by atoms with van der Waals surface area (Å²) in [5, 5.41) is 3.59. The molecule has 0 aliphatic carbocycles. The van der Waals surface area contributed by atoms with Gasteiger partial charge in [0, 0.05) is 17.8 Å². The molecule has 7 nitrogen and oxygen atoms in total. The van der Waals surface area contributed by atoms with Gasteiger partial charge in [0.1, 0.15) is 11.6 Å². The molecule has 1 aliphatic heterocycles. The van der Waals surface area contributed by atoms with E-state index in [2.05, 4.69) is 37.2 Å². The van der Waals surface area contributed by atoms with Crippen molar-refractivity contribution in [1.82, 2.24) is 15.3 Å².